The van der Waals surface area contributed by atoms with Gasteiger partial charge in [0.2, 0.25) is 10.0 Å². The average molecular weight is 218 g/mol. The highest BCUT2D eigenvalue weighted by atomic mass is 32.2. The molecule has 2 rings (SSSR count). The lowest BCUT2D eigenvalue weighted by Gasteiger charge is -2.18. The lowest BCUT2D eigenvalue weighted by molar-refractivity contribution is 0.389. The first kappa shape index (κ1) is 10.4. The standard InChI is InChI=1S/C9H18N2O2S/c1-14(12,13)11-5-4-8(6-11)9(10)7-2-3-7/h7-9H,2-6,10H2,1H3. The molecule has 1 heterocycles. The summed E-state index contributed by atoms with van der Waals surface area (Å²) in [4.78, 5) is 0. The molecule has 14 heavy (non-hydrogen) atoms. The fourth-order valence-electron chi connectivity index (χ4n) is 2.24. The number of nitrogens with zero attached hydrogens (tertiary/aromatic N) is 1. The van der Waals surface area contributed by atoms with Gasteiger partial charge in [-0.2, -0.15) is 0 Å². The SMILES string of the molecule is CS(=O)(=O)N1CCC(C(N)C2CC2)C1. The fraction of sp³-hybridized carbons (Fsp3) is 1.00. The Bertz CT molecular complexity index is 311. The van der Waals surface area contributed by atoms with Crippen molar-refractivity contribution < 1.29 is 8.42 Å². The molecule has 4 nitrogen and oxygen atoms in total. The average Bonchev–Trinajstić information content (AvgIpc) is 2.79. The molecule has 0 spiro atoms. The molecular formula is C9H18N2O2S. The van der Waals surface area contributed by atoms with E-state index in [-0.39, 0.29) is 6.04 Å². The first-order valence-corrected chi connectivity index (χ1v) is 7.04. The molecule has 0 aromatic heterocycles. The van der Waals surface area contributed by atoms with Gasteiger partial charge in [-0.25, -0.2) is 12.7 Å². The molecule has 0 bridgehead atoms. The third-order valence-electron chi connectivity index (χ3n) is 3.37. The molecule has 2 fully saturated rings. The van der Waals surface area contributed by atoms with E-state index < -0.39 is 10.0 Å². The Kier molecular flexibility index (Phi) is 2.57. The van der Waals surface area contributed by atoms with Crippen molar-refractivity contribution in [3.05, 3.63) is 0 Å². The maximum Gasteiger partial charge on any atom is 0.211 e. The van der Waals surface area contributed by atoms with Gasteiger partial charge in [0.05, 0.1) is 6.26 Å². The highest BCUT2D eigenvalue weighted by molar-refractivity contribution is 7.88. The summed E-state index contributed by atoms with van der Waals surface area (Å²) < 4.78 is 24.1. The molecule has 0 aromatic rings. The van der Waals surface area contributed by atoms with Crippen LogP contribution in [0, 0.1) is 11.8 Å². The van der Waals surface area contributed by atoms with Crippen LogP contribution in [0.2, 0.25) is 0 Å². The van der Waals surface area contributed by atoms with Crippen molar-refractivity contribution in [2.75, 3.05) is 19.3 Å². The summed E-state index contributed by atoms with van der Waals surface area (Å²) in [5.74, 6) is 1.05. The quantitative estimate of drug-likeness (QED) is 0.725. The lowest BCUT2D eigenvalue weighted by Crippen LogP contribution is -2.35. The van der Waals surface area contributed by atoms with Gasteiger partial charge >= 0.3 is 0 Å². The van der Waals surface area contributed by atoms with Crippen LogP contribution in [0.25, 0.3) is 0 Å². The van der Waals surface area contributed by atoms with Crippen molar-refractivity contribution in [3.8, 4) is 0 Å². The summed E-state index contributed by atoms with van der Waals surface area (Å²) in [5, 5.41) is 0. The zero-order valence-electron chi connectivity index (χ0n) is 8.52. The number of hydrogen-bond acceptors (Lipinski definition) is 3. The van der Waals surface area contributed by atoms with E-state index in [0.717, 1.165) is 6.42 Å². The maximum absolute atomic E-state index is 11.3. The Hall–Kier alpha value is -0.130. The Morgan fingerprint density at radius 2 is 1.93 bits per heavy atom. The predicted octanol–water partition coefficient (Wildman–Crippen LogP) is 0.00520. The van der Waals surface area contributed by atoms with Crippen LogP contribution in [0.3, 0.4) is 0 Å². The first-order valence-electron chi connectivity index (χ1n) is 5.19. The summed E-state index contributed by atoms with van der Waals surface area (Å²) in [6, 6.07) is 0.224. The van der Waals surface area contributed by atoms with E-state index in [2.05, 4.69) is 0 Å². The van der Waals surface area contributed by atoms with Gasteiger partial charge in [0.1, 0.15) is 0 Å². The van der Waals surface area contributed by atoms with Crippen molar-refractivity contribution in [3.63, 3.8) is 0 Å². The Labute approximate surface area is 85.5 Å². The Balaban J connectivity index is 1.94. The lowest BCUT2D eigenvalue weighted by atomic mass is 9.96. The second kappa shape index (κ2) is 3.47. The fourth-order valence-corrected chi connectivity index (χ4v) is 3.13. The minimum atomic E-state index is -3.00. The van der Waals surface area contributed by atoms with Crippen molar-refractivity contribution in [1.29, 1.82) is 0 Å². The smallest absolute Gasteiger partial charge is 0.211 e. The van der Waals surface area contributed by atoms with Gasteiger partial charge in [-0.15, -0.1) is 0 Å². The van der Waals surface area contributed by atoms with E-state index in [4.69, 9.17) is 5.73 Å². The zero-order chi connectivity index (χ0) is 10.3. The van der Waals surface area contributed by atoms with E-state index in [1.807, 2.05) is 0 Å². The third-order valence-corrected chi connectivity index (χ3v) is 4.64. The first-order chi connectivity index (χ1) is 6.48. The summed E-state index contributed by atoms with van der Waals surface area (Å²) in [6.45, 7) is 1.29. The molecule has 0 aromatic carbocycles. The van der Waals surface area contributed by atoms with Gasteiger partial charge in [0.25, 0.3) is 0 Å². The summed E-state index contributed by atoms with van der Waals surface area (Å²) in [5.41, 5.74) is 6.07. The molecule has 0 radical (unpaired) electrons. The minimum absolute atomic E-state index is 0.224. The second-order valence-corrected chi connectivity index (χ2v) is 6.57. The number of nitrogens with two attached hydrogens (primary N) is 1. The normalized spacial score (nSPS) is 32.0. The maximum atomic E-state index is 11.3. The molecule has 1 aliphatic heterocycles. The van der Waals surface area contributed by atoms with Crippen molar-refractivity contribution in [1.82, 2.24) is 4.31 Å². The van der Waals surface area contributed by atoms with Crippen LogP contribution in [0.15, 0.2) is 0 Å². The summed E-state index contributed by atoms with van der Waals surface area (Å²) in [7, 11) is -3.00. The van der Waals surface area contributed by atoms with Crippen LogP contribution in [-0.4, -0.2) is 38.1 Å². The van der Waals surface area contributed by atoms with Gasteiger partial charge in [0, 0.05) is 19.1 Å². The van der Waals surface area contributed by atoms with E-state index in [1.165, 1.54) is 19.1 Å². The van der Waals surface area contributed by atoms with Crippen LogP contribution in [-0.2, 0) is 10.0 Å². The monoisotopic (exact) mass is 218 g/mol. The molecule has 2 unspecified atom stereocenters. The Morgan fingerprint density at radius 1 is 1.29 bits per heavy atom. The predicted molar refractivity (Wildman–Crippen MR) is 55.2 cm³/mol. The third kappa shape index (κ3) is 2.10. The van der Waals surface area contributed by atoms with Crippen LogP contribution in [0.4, 0.5) is 0 Å². The van der Waals surface area contributed by atoms with Crippen molar-refractivity contribution in [2.24, 2.45) is 17.6 Å². The number of sulfonamides is 1. The topological polar surface area (TPSA) is 63.4 Å². The van der Waals surface area contributed by atoms with Crippen molar-refractivity contribution >= 4 is 10.0 Å². The second-order valence-electron chi connectivity index (χ2n) is 4.58. The van der Waals surface area contributed by atoms with Gasteiger partial charge in [0.15, 0.2) is 0 Å². The highest BCUT2D eigenvalue weighted by Gasteiger charge is 2.38. The van der Waals surface area contributed by atoms with E-state index >= 15 is 0 Å². The van der Waals surface area contributed by atoms with E-state index in [0.29, 0.717) is 24.9 Å². The largest absolute Gasteiger partial charge is 0.327 e. The minimum Gasteiger partial charge on any atom is -0.327 e. The molecule has 1 saturated heterocycles. The molecule has 1 aliphatic carbocycles. The van der Waals surface area contributed by atoms with Crippen LogP contribution >= 0.6 is 0 Å². The van der Waals surface area contributed by atoms with Crippen LogP contribution < -0.4 is 5.73 Å². The van der Waals surface area contributed by atoms with Gasteiger partial charge in [-0.05, 0) is 31.1 Å². The molecule has 2 aliphatic rings. The van der Waals surface area contributed by atoms with Crippen molar-refractivity contribution in [2.45, 2.75) is 25.3 Å². The van der Waals surface area contributed by atoms with Gasteiger partial charge < -0.3 is 5.73 Å². The summed E-state index contributed by atoms with van der Waals surface area (Å²) in [6.07, 6.45) is 4.68. The number of rotatable bonds is 3. The van der Waals surface area contributed by atoms with E-state index in [9.17, 15) is 8.42 Å². The molecule has 1 saturated carbocycles. The molecule has 2 atom stereocenters. The molecular weight excluding hydrogens is 200 g/mol. The number of hydrogen-bond donors (Lipinski definition) is 1. The molecule has 2 N–H and O–H groups in total. The van der Waals surface area contributed by atoms with Crippen LogP contribution in [0.1, 0.15) is 19.3 Å². The summed E-state index contributed by atoms with van der Waals surface area (Å²) >= 11 is 0. The van der Waals surface area contributed by atoms with Gasteiger partial charge in [-0.1, -0.05) is 0 Å². The van der Waals surface area contributed by atoms with Crippen LogP contribution in [0.5, 0.6) is 0 Å². The molecule has 82 valence electrons. The molecule has 0 amide bonds. The van der Waals surface area contributed by atoms with Gasteiger partial charge in [-0.3, -0.25) is 0 Å². The highest BCUT2D eigenvalue weighted by Crippen LogP contribution is 2.37. The Morgan fingerprint density at radius 3 is 2.36 bits per heavy atom. The molecule has 5 heteroatoms. The zero-order valence-corrected chi connectivity index (χ0v) is 9.33. The van der Waals surface area contributed by atoms with E-state index in [1.54, 1.807) is 4.31 Å².